The molecule has 0 amide bonds. The van der Waals surface area contributed by atoms with Crippen LogP contribution in [0.3, 0.4) is 0 Å². The molecular weight excluding hydrogens is 284 g/mol. The Kier molecular flexibility index (Phi) is 7.47. The molecule has 1 aromatic rings. The van der Waals surface area contributed by atoms with Crippen LogP contribution in [0, 0.1) is 6.92 Å². The van der Waals surface area contributed by atoms with Gasteiger partial charge in [-0.05, 0) is 74.4 Å². The fraction of sp³-hybridized carbons (Fsp3) is 0.333. The Morgan fingerprint density at radius 1 is 0.955 bits per heavy atom. The van der Waals surface area contributed by atoms with Crippen LogP contribution in [-0.2, 0) is 6.42 Å². The first kappa shape index (κ1) is 18.6. The third kappa shape index (κ3) is 3.64. The van der Waals surface area contributed by atoms with E-state index in [0.717, 1.165) is 11.3 Å². The average Bonchev–Trinajstić information content (AvgIpc) is 2.51. The average molecular weight is 313 g/mol. The van der Waals surface area contributed by atoms with Crippen LogP contribution in [0.5, 0.6) is 0 Å². The highest BCUT2D eigenvalue weighted by molar-refractivity contribution is 7.80. The quantitative estimate of drug-likeness (QED) is 0.444. The van der Waals surface area contributed by atoms with Crippen LogP contribution in [0.2, 0.25) is 0 Å². The van der Waals surface area contributed by atoms with Crippen LogP contribution in [-0.4, -0.2) is 0 Å². The molecule has 0 bridgehead atoms. The third-order valence-corrected chi connectivity index (χ3v) is 4.39. The summed E-state index contributed by atoms with van der Waals surface area (Å²) in [7, 11) is 0. The van der Waals surface area contributed by atoms with Gasteiger partial charge in [0, 0.05) is 4.90 Å². The van der Waals surface area contributed by atoms with E-state index in [1.807, 2.05) is 0 Å². The first-order valence-corrected chi connectivity index (χ1v) is 8.45. The zero-order valence-electron chi connectivity index (χ0n) is 14.7. The van der Waals surface area contributed by atoms with Crippen molar-refractivity contribution in [2.45, 2.75) is 52.9 Å². The van der Waals surface area contributed by atoms with Crippen molar-refractivity contribution in [3.8, 4) is 0 Å². The zero-order valence-corrected chi connectivity index (χ0v) is 15.6. The molecule has 118 valence electrons. The molecule has 0 aliphatic carbocycles. The molecule has 0 aliphatic heterocycles. The predicted octanol–water partition coefficient (Wildman–Crippen LogP) is 6.89. The van der Waals surface area contributed by atoms with Crippen LogP contribution >= 0.6 is 12.6 Å². The summed E-state index contributed by atoms with van der Waals surface area (Å²) in [6.45, 7) is 12.7. The van der Waals surface area contributed by atoms with Gasteiger partial charge in [0.15, 0.2) is 0 Å². The van der Waals surface area contributed by atoms with E-state index >= 15 is 0 Å². The van der Waals surface area contributed by atoms with E-state index in [1.54, 1.807) is 0 Å². The maximum absolute atomic E-state index is 4.83. The fourth-order valence-corrected chi connectivity index (χ4v) is 3.43. The minimum absolute atomic E-state index is 0.975. The lowest BCUT2D eigenvalue weighted by Crippen LogP contribution is -2.03. The summed E-state index contributed by atoms with van der Waals surface area (Å²) in [5.41, 5.74) is 7.73. The normalized spacial score (nSPS) is 13.1. The highest BCUT2D eigenvalue weighted by atomic mass is 32.1. The lowest BCUT2D eigenvalue weighted by Gasteiger charge is -2.21. The van der Waals surface area contributed by atoms with Crippen LogP contribution in [0.1, 0.15) is 62.4 Å². The molecule has 0 spiro atoms. The van der Waals surface area contributed by atoms with Crippen molar-refractivity contribution in [2.24, 2.45) is 0 Å². The molecular formula is C21H28S. The van der Waals surface area contributed by atoms with E-state index in [2.05, 4.69) is 84.1 Å². The van der Waals surface area contributed by atoms with E-state index in [0.29, 0.717) is 0 Å². The Labute approximate surface area is 141 Å². The number of rotatable bonds is 5. The van der Waals surface area contributed by atoms with Gasteiger partial charge in [0.1, 0.15) is 0 Å². The standard InChI is InChI=1S/C21H28S/c1-7-12-16(10-4)20-15(6)18(13-8-2)21(22)17(11-5)19(20)14-9-3/h7-10,12-14,22H,11H2,1-6H3/b12-7-,13-8-,14-9-,16-10+. The first-order valence-electron chi connectivity index (χ1n) is 8.00. The summed E-state index contributed by atoms with van der Waals surface area (Å²) < 4.78 is 0. The lowest BCUT2D eigenvalue weighted by atomic mass is 9.86. The van der Waals surface area contributed by atoms with E-state index in [-0.39, 0.29) is 0 Å². The van der Waals surface area contributed by atoms with E-state index in [4.69, 9.17) is 12.6 Å². The van der Waals surface area contributed by atoms with Crippen molar-refractivity contribution in [2.75, 3.05) is 0 Å². The molecule has 22 heavy (non-hydrogen) atoms. The van der Waals surface area contributed by atoms with Crippen molar-refractivity contribution in [1.82, 2.24) is 0 Å². The minimum Gasteiger partial charge on any atom is -0.142 e. The second-order valence-electron chi connectivity index (χ2n) is 5.25. The van der Waals surface area contributed by atoms with E-state index in [1.165, 1.54) is 33.4 Å². The molecule has 0 N–H and O–H groups in total. The van der Waals surface area contributed by atoms with Gasteiger partial charge in [-0.3, -0.25) is 0 Å². The smallest absolute Gasteiger partial charge is 0.0154 e. The van der Waals surface area contributed by atoms with E-state index < -0.39 is 0 Å². The third-order valence-electron chi connectivity index (χ3n) is 3.88. The summed E-state index contributed by atoms with van der Waals surface area (Å²) in [5.74, 6) is 0. The highest BCUT2D eigenvalue weighted by Crippen LogP contribution is 2.37. The molecule has 0 fully saturated rings. The van der Waals surface area contributed by atoms with Gasteiger partial charge in [0.05, 0.1) is 0 Å². The van der Waals surface area contributed by atoms with Gasteiger partial charge in [0.2, 0.25) is 0 Å². The fourth-order valence-electron chi connectivity index (χ4n) is 2.91. The van der Waals surface area contributed by atoms with Crippen molar-refractivity contribution in [3.05, 3.63) is 58.2 Å². The molecule has 0 aromatic heterocycles. The van der Waals surface area contributed by atoms with Crippen molar-refractivity contribution in [1.29, 1.82) is 0 Å². The maximum atomic E-state index is 4.83. The molecule has 0 saturated heterocycles. The number of hydrogen-bond acceptors (Lipinski definition) is 1. The molecule has 0 aliphatic rings. The van der Waals surface area contributed by atoms with E-state index in [9.17, 15) is 0 Å². The largest absolute Gasteiger partial charge is 0.142 e. The molecule has 0 unspecified atom stereocenters. The van der Waals surface area contributed by atoms with Gasteiger partial charge < -0.3 is 0 Å². The minimum atomic E-state index is 0.975. The second kappa shape index (κ2) is 8.85. The van der Waals surface area contributed by atoms with Crippen LogP contribution in [0.15, 0.2) is 35.3 Å². The topological polar surface area (TPSA) is 0 Å². The summed E-state index contributed by atoms with van der Waals surface area (Å²) >= 11 is 4.83. The van der Waals surface area contributed by atoms with Crippen molar-refractivity contribution >= 4 is 30.4 Å². The van der Waals surface area contributed by atoms with Gasteiger partial charge in [-0.1, -0.05) is 49.5 Å². The van der Waals surface area contributed by atoms with Crippen LogP contribution < -0.4 is 0 Å². The van der Waals surface area contributed by atoms with Gasteiger partial charge in [-0.2, -0.15) is 0 Å². The molecule has 0 atom stereocenters. The first-order chi connectivity index (χ1) is 10.6. The molecule has 1 aromatic carbocycles. The molecule has 0 saturated carbocycles. The Hall–Kier alpha value is -1.47. The molecule has 0 heterocycles. The summed E-state index contributed by atoms with van der Waals surface area (Å²) in [5, 5.41) is 0. The zero-order chi connectivity index (χ0) is 16.7. The summed E-state index contributed by atoms with van der Waals surface area (Å²) in [6.07, 6.45) is 16.0. The van der Waals surface area contributed by atoms with Gasteiger partial charge in [-0.15, -0.1) is 12.6 Å². The molecule has 0 radical (unpaired) electrons. The summed E-state index contributed by atoms with van der Waals surface area (Å²) in [6, 6.07) is 0. The van der Waals surface area contributed by atoms with Gasteiger partial charge in [0.25, 0.3) is 0 Å². The second-order valence-corrected chi connectivity index (χ2v) is 5.70. The van der Waals surface area contributed by atoms with Gasteiger partial charge >= 0.3 is 0 Å². The predicted molar refractivity (Wildman–Crippen MR) is 106 cm³/mol. The SMILES string of the molecule is C/C=C\C(=C/C)c1c(C)c(/C=C\C)c(S)c(CC)c1/C=C\C. The molecule has 1 heteroatoms. The Bertz CT molecular complexity index is 641. The van der Waals surface area contributed by atoms with Gasteiger partial charge in [-0.25, -0.2) is 0 Å². The lowest BCUT2D eigenvalue weighted by molar-refractivity contribution is 1.06. The monoisotopic (exact) mass is 312 g/mol. The molecule has 1 rings (SSSR count). The van der Waals surface area contributed by atoms with Crippen molar-refractivity contribution < 1.29 is 0 Å². The molecule has 0 nitrogen and oxygen atoms in total. The summed E-state index contributed by atoms with van der Waals surface area (Å²) in [4.78, 5) is 1.10. The van der Waals surface area contributed by atoms with Crippen molar-refractivity contribution in [3.63, 3.8) is 0 Å². The number of hydrogen-bond donors (Lipinski definition) is 1. The van der Waals surface area contributed by atoms with Crippen LogP contribution in [0.25, 0.3) is 17.7 Å². The number of thiol groups is 1. The Balaban J connectivity index is 3.97. The Morgan fingerprint density at radius 3 is 2.00 bits per heavy atom. The maximum Gasteiger partial charge on any atom is 0.0154 e. The van der Waals surface area contributed by atoms with Crippen LogP contribution in [0.4, 0.5) is 0 Å². The number of benzene rings is 1. The number of allylic oxidation sites excluding steroid dienone is 6. The highest BCUT2D eigenvalue weighted by Gasteiger charge is 2.17. The Morgan fingerprint density at radius 2 is 1.55 bits per heavy atom.